The van der Waals surface area contributed by atoms with Crippen LogP contribution in [0, 0.1) is 0 Å². The van der Waals surface area contributed by atoms with Gasteiger partial charge < -0.3 is 14.2 Å². The Kier molecular flexibility index (Phi) is 7.50. The number of ether oxygens (including phenoxy) is 3. The molecule has 8 heteroatoms. The number of carbonyl (C=O) groups is 3. The van der Waals surface area contributed by atoms with Crippen LogP contribution in [0.1, 0.15) is 25.0 Å². The molecule has 1 aliphatic rings. The molecule has 2 aromatic rings. The SMILES string of the molecule is C=CCc1cc(/C=C2\C(=O)NC(=O)N(c3ccc(OCC)cc3)C2=O)cc(OC)c1OCC. The summed E-state index contributed by atoms with van der Waals surface area (Å²) >= 11 is 0. The van der Waals surface area contributed by atoms with Crippen LogP contribution in [0.3, 0.4) is 0 Å². The summed E-state index contributed by atoms with van der Waals surface area (Å²) in [5.41, 5.74) is 1.48. The molecule has 1 saturated heterocycles. The molecule has 0 aromatic heterocycles. The van der Waals surface area contributed by atoms with Gasteiger partial charge in [-0.2, -0.15) is 0 Å². The number of urea groups is 1. The number of barbiturate groups is 1. The van der Waals surface area contributed by atoms with Crippen molar-refractivity contribution in [2.75, 3.05) is 25.2 Å². The quantitative estimate of drug-likeness (QED) is 0.354. The molecule has 1 aliphatic heterocycles. The number of allylic oxidation sites excluding steroid dienone is 1. The molecule has 0 bridgehead atoms. The van der Waals surface area contributed by atoms with Crippen molar-refractivity contribution in [3.05, 3.63) is 65.8 Å². The molecule has 1 heterocycles. The second-order valence-electron chi connectivity index (χ2n) is 7.02. The van der Waals surface area contributed by atoms with E-state index in [4.69, 9.17) is 14.2 Å². The van der Waals surface area contributed by atoms with Crippen LogP contribution in [0.5, 0.6) is 17.2 Å². The van der Waals surface area contributed by atoms with Gasteiger partial charge in [-0.25, -0.2) is 9.69 Å². The largest absolute Gasteiger partial charge is 0.494 e. The highest BCUT2D eigenvalue weighted by Gasteiger charge is 2.36. The van der Waals surface area contributed by atoms with Crippen LogP contribution in [0.2, 0.25) is 0 Å². The van der Waals surface area contributed by atoms with Gasteiger partial charge in [-0.15, -0.1) is 6.58 Å². The van der Waals surface area contributed by atoms with E-state index in [1.165, 1.54) is 13.2 Å². The zero-order valence-electron chi connectivity index (χ0n) is 18.8. The summed E-state index contributed by atoms with van der Waals surface area (Å²) in [4.78, 5) is 39.1. The number of anilines is 1. The number of methoxy groups -OCH3 is 1. The predicted octanol–water partition coefficient (Wildman–Crippen LogP) is 3.89. The zero-order valence-corrected chi connectivity index (χ0v) is 18.8. The second kappa shape index (κ2) is 10.5. The Morgan fingerprint density at radius 1 is 1.03 bits per heavy atom. The lowest BCUT2D eigenvalue weighted by atomic mass is 10.0. The monoisotopic (exact) mass is 450 g/mol. The van der Waals surface area contributed by atoms with Gasteiger partial charge in [-0.1, -0.05) is 6.08 Å². The van der Waals surface area contributed by atoms with Gasteiger partial charge in [-0.3, -0.25) is 14.9 Å². The Hall–Kier alpha value is -4.07. The van der Waals surface area contributed by atoms with Crippen molar-refractivity contribution in [3.8, 4) is 17.2 Å². The van der Waals surface area contributed by atoms with Gasteiger partial charge in [0, 0.05) is 5.56 Å². The minimum Gasteiger partial charge on any atom is -0.494 e. The minimum atomic E-state index is -0.817. The molecule has 0 aliphatic carbocycles. The fourth-order valence-corrected chi connectivity index (χ4v) is 3.45. The number of amides is 4. The highest BCUT2D eigenvalue weighted by Crippen LogP contribution is 2.35. The Labute approximate surface area is 192 Å². The van der Waals surface area contributed by atoms with Crippen molar-refractivity contribution in [2.45, 2.75) is 20.3 Å². The van der Waals surface area contributed by atoms with E-state index in [0.29, 0.717) is 48.1 Å². The lowest BCUT2D eigenvalue weighted by molar-refractivity contribution is -0.122. The number of nitrogens with one attached hydrogen (secondary N) is 1. The third kappa shape index (κ3) is 5.06. The molecule has 3 rings (SSSR count). The van der Waals surface area contributed by atoms with Gasteiger partial charge in [0.25, 0.3) is 11.8 Å². The van der Waals surface area contributed by atoms with Gasteiger partial charge in [0.2, 0.25) is 0 Å². The highest BCUT2D eigenvalue weighted by atomic mass is 16.5. The van der Waals surface area contributed by atoms with Crippen LogP contribution in [0.25, 0.3) is 6.08 Å². The van der Waals surface area contributed by atoms with E-state index in [1.807, 2.05) is 13.8 Å². The molecule has 1 N–H and O–H groups in total. The number of hydrogen-bond donors (Lipinski definition) is 1. The van der Waals surface area contributed by atoms with E-state index in [9.17, 15) is 14.4 Å². The van der Waals surface area contributed by atoms with Crippen molar-refractivity contribution < 1.29 is 28.6 Å². The first-order valence-electron chi connectivity index (χ1n) is 10.5. The first-order chi connectivity index (χ1) is 15.9. The lowest BCUT2D eigenvalue weighted by Gasteiger charge is -2.26. The maximum atomic E-state index is 13.2. The lowest BCUT2D eigenvalue weighted by Crippen LogP contribution is -2.54. The van der Waals surface area contributed by atoms with Crippen molar-refractivity contribution >= 4 is 29.6 Å². The zero-order chi connectivity index (χ0) is 24.0. The Bertz CT molecular complexity index is 1100. The predicted molar refractivity (Wildman–Crippen MR) is 125 cm³/mol. The van der Waals surface area contributed by atoms with Gasteiger partial charge in [-0.05, 0) is 68.3 Å². The van der Waals surface area contributed by atoms with E-state index in [-0.39, 0.29) is 5.57 Å². The number of imide groups is 2. The molecule has 2 aromatic carbocycles. The average Bonchev–Trinajstić information content (AvgIpc) is 2.79. The summed E-state index contributed by atoms with van der Waals surface area (Å²) in [6, 6.07) is 9.11. The van der Waals surface area contributed by atoms with Crippen molar-refractivity contribution in [3.63, 3.8) is 0 Å². The van der Waals surface area contributed by atoms with Gasteiger partial charge in [0.1, 0.15) is 11.3 Å². The molecule has 0 spiro atoms. The number of hydrogen-bond acceptors (Lipinski definition) is 6. The molecular formula is C25H26N2O6. The van der Waals surface area contributed by atoms with Crippen molar-refractivity contribution in [1.82, 2.24) is 5.32 Å². The molecular weight excluding hydrogens is 424 g/mol. The van der Waals surface area contributed by atoms with E-state index >= 15 is 0 Å². The molecule has 0 unspecified atom stereocenters. The third-order valence-corrected chi connectivity index (χ3v) is 4.85. The normalized spacial score (nSPS) is 14.8. The van der Waals surface area contributed by atoms with Crippen LogP contribution < -0.4 is 24.4 Å². The summed E-state index contributed by atoms with van der Waals surface area (Å²) in [5.74, 6) is 0.143. The Morgan fingerprint density at radius 3 is 2.33 bits per heavy atom. The fraction of sp³-hybridized carbons (Fsp3) is 0.240. The fourth-order valence-electron chi connectivity index (χ4n) is 3.45. The average molecular weight is 450 g/mol. The maximum Gasteiger partial charge on any atom is 0.335 e. The molecule has 172 valence electrons. The maximum absolute atomic E-state index is 13.2. The molecule has 4 amide bonds. The second-order valence-corrected chi connectivity index (χ2v) is 7.02. The van der Waals surface area contributed by atoms with E-state index in [1.54, 1.807) is 42.5 Å². The van der Waals surface area contributed by atoms with E-state index in [0.717, 1.165) is 10.5 Å². The topological polar surface area (TPSA) is 94.2 Å². The van der Waals surface area contributed by atoms with Gasteiger partial charge in [0.15, 0.2) is 11.5 Å². The molecule has 8 nitrogen and oxygen atoms in total. The summed E-state index contributed by atoms with van der Waals surface area (Å²) in [5, 5.41) is 2.22. The van der Waals surface area contributed by atoms with Crippen molar-refractivity contribution in [1.29, 1.82) is 0 Å². The molecule has 0 radical (unpaired) electrons. The van der Waals surface area contributed by atoms with E-state index < -0.39 is 17.8 Å². The smallest absolute Gasteiger partial charge is 0.335 e. The minimum absolute atomic E-state index is 0.181. The summed E-state index contributed by atoms with van der Waals surface area (Å²) in [7, 11) is 1.51. The molecule has 0 saturated carbocycles. The Morgan fingerprint density at radius 2 is 1.73 bits per heavy atom. The van der Waals surface area contributed by atoms with Crippen LogP contribution in [0.4, 0.5) is 10.5 Å². The van der Waals surface area contributed by atoms with Crippen LogP contribution in [0.15, 0.2) is 54.6 Å². The summed E-state index contributed by atoms with van der Waals surface area (Å²) < 4.78 is 16.6. The Balaban J connectivity index is 2.02. The van der Waals surface area contributed by atoms with Crippen molar-refractivity contribution in [2.24, 2.45) is 0 Å². The van der Waals surface area contributed by atoms with Crippen LogP contribution in [-0.2, 0) is 16.0 Å². The number of carbonyl (C=O) groups excluding carboxylic acids is 3. The number of nitrogens with zero attached hydrogens (tertiary/aromatic N) is 1. The third-order valence-electron chi connectivity index (χ3n) is 4.85. The van der Waals surface area contributed by atoms with Crippen LogP contribution in [-0.4, -0.2) is 38.2 Å². The summed E-state index contributed by atoms with van der Waals surface area (Å²) in [6.45, 7) is 8.42. The number of rotatable bonds is 9. The number of benzene rings is 2. The molecule has 0 atom stereocenters. The highest BCUT2D eigenvalue weighted by molar-refractivity contribution is 6.39. The molecule has 33 heavy (non-hydrogen) atoms. The first kappa shape index (κ1) is 23.6. The standard InChI is InChI=1S/C25H26N2O6/c1-5-8-17-13-16(15-21(31-4)22(17)33-7-3)14-20-23(28)26-25(30)27(24(20)29)18-9-11-19(12-10-18)32-6-2/h5,9-15H,1,6-8H2,2-4H3,(H,26,28,30)/b20-14+. The van der Waals surface area contributed by atoms with Gasteiger partial charge >= 0.3 is 6.03 Å². The van der Waals surface area contributed by atoms with Gasteiger partial charge in [0.05, 0.1) is 26.0 Å². The molecule has 1 fully saturated rings. The van der Waals surface area contributed by atoms with Crippen LogP contribution >= 0.6 is 0 Å². The first-order valence-corrected chi connectivity index (χ1v) is 10.5. The van der Waals surface area contributed by atoms with E-state index in [2.05, 4.69) is 11.9 Å². The summed E-state index contributed by atoms with van der Waals surface area (Å²) in [6.07, 6.45) is 3.65.